The van der Waals surface area contributed by atoms with Gasteiger partial charge in [-0.15, -0.1) is 0 Å². The molecule has 0 saturated heterocycles. The molecule has 1 aliphatic rings. The average molecular weight is 325 g/mol. The third-order valence-electron chi connectivity index (χ3n) is 3.56. The molecule has 0 aromatic heterocycles. The van der Waals surface area contributed by atoms with Crippen LogP contribution in [-0.2, 0) is 9.59 Å². The molecule has 0 bridgehead atoms. The first kappa shape index (κ1) is 14.1. The number of carbonyl (C=O) groups excluding carboxylic acids is 2. The molecule has 0 saturated carbocycles. The highest BCUT2D eigenvalue weighted by Crippen LogP contribution is 2.40. The molecular formula is C14H17BrN2O2. The lowest BCUT2D eigenvalue weighted by Gasteiger charge is -2.38. The zero-order chi connectivity index (χ0) is 14.2. The lowest BCUT2D eigenvalue weighted by Crippen LogP contribution is -2.45. The Bertz CT molecular complexity index is 530. The molecule has 1 heterocycles. The van der Waals surface area contributed by atoms with Gasteiger partial charge in [-0.25, -0.2) is 0 Å². The monoisotopic (exact) mass is 324 g/mol. The minimum atomic E-state index is -0.338. The van der Waals surface area contributed by atoms with Crippen LogP contribution in [0.4, 0.5) is 5.69 Å². The maximum Gasteiger partial charge on any atom is 0.226 e. The molecule has 2 rings (SSSR count). The van der Waals surface area contributed by atoms with Gasteiger partial charge in [0.1, 0.15) is 0 Å². The molecule has 1 aromatic carbocycles. The highest BCUT2D eigenvalue weighted by atomic mass is 79.9. The van der Waals surface area contributed by atoms with Crippen LogP contribution in [0.25, 0.3) is 0 Å². The van der Waals surface area contributed by atoms with Crippen molar-refractivity contribution in [3.63, 3.8) is 0 Å². The summed E-state index contributed by atoms with van der Waals surface area (Å²) in [5.74, 6) is -0.600. The van der Waals surface area contributed by atoms with Crippen LogP contribution >= 0.6 is 15.9 Å². The van der Waals surface area contributed by atoms with E-state index in [0.29, 0.717) is 12.8 Å². The number of anilines is 1. The summed E-state index contributed by atoms with van der Waals surface area (Å²) in [6.07, 6.45) is 1.02. The summed E-state index contributed by atoms with van der Waals surface area (Å²) < 4.78 is 0.885. The Morgan fingerprint density at radius 2 is 2.16 bits per heavy atom. The van der Waals surface area contributed by atoms with Crippen molar-refractivity contribution in [2.24, 2.45) is 5.73 Å². The van der Waals surface area contributed by atoms with E-state index in [9.17, 15) is 9.59 Å². The molecule has 0 fully saturated rings. The molecule has 2 atom stereocenters. The van der Waals surface area contributed by atoms with Crippen LogP contribution < -0.4 is 10.6 Å². The van der Waals surface area contributed by atoms with E-state index in [2.05, 4.69) is 15.9 Å². The molecule has 0 radical (unpaired) electrons. The molecule has 1 aliphatic heterocycles. The smallest absolute Gasteiger partial charge is 0.226 e. The Balaban J connectivity index is 2.56. The van der Waals surface area contributed by atoms with Crippen molar-refractivity contribution >= 4 is 33.4 Å². The quantitative estimate of drug-likeness (QED) is 0.908. The van der Waals surface area contributed by atoms with E-state index >= 15 is 0 Å². The Morgan fingerprint density at radius 3 is 2.74 bits per heavy atom. The maximum absolute atomic E-state index is 12.1. The first-order valence-corrected chi connectivity index (χ1v) is 7.15. The minimum absolute atomic E-state index is 0.0152. The normalized spacial score (nSPS) is 21.9. The molecule has 19 heavy (non-hydrogen) atoms. The van der Waals surface area contributed by atoms with E-state index in [4.69, 9.17) is 5.73 Å². The second kappa shape index (κ2) is 5.33. The fraction of sp³-hybridized carbons (Fsp3) is 0.429. The van der Waals surface area contributed by atoms with Gasteiger partial charge in [-0.1, -0.05) is 22.9 Å². The SMILES string of the molecule is CCC(=O)N1c2ccc(Br)cc2C(C(N)=O)CC1C. The van der Waals surface area contributed by atoms with Gasteiger partial charge in [-0.2, -0.15) is 0 Å². The standard InChI is InChI=1S/C14H17BrN2O2/c1-3-13(18)17-8(2)6-11(14(16)19)10-7-9(15)4-5-12(10)17/h4-5,7-8,11H,3,6H2,1-2H3,(H2,16,19). The first-order chi connectivity index (χ1) is 8.95. The third-order valence-corrected chi connectivity index (χ3v) is 4.05. The van der Waals surface area contributed by atoms with Crippen LogP contribution in [0, 0.1) is 0 Å². The molecule has 4 nitrogen and oxygen atoms in total. The number of nitrogens with two attached hydrogens (primary N) is 1. The second-order valence-electron chi connectivity index (χ2n) is 4.86. The summed E-state index contributed by atoms with van der Waals surface area (Å²) in [4.78, 5) is 25.5. The average Bonchev–Trinajstić information content (AvgIpc) is 2.37. The number of carbonyl (C=O) groups is 2. The van der Waals surface area contributed by atoms with Crippen molar-refractivity contribution in [2.45, 2.75) is 38.6 Å². The molecule has 0 spiro atoms. The Hall–Kier alpha value is -1.36. The fourth-order valence-electron chi connectivity index (χ4n) is 2.65. The zero-order valence-electron chi connectivity index (χ0n) is 11.0. The molecule has 0 aliphatic carbocycles. The van der Waals surface area contributed by atoms with Gasteiger partial charge in [-0.3, -0.25) is 9.59 Å². The van der Waals surface area contributed by atoms with Crippen molar-refractivity contribution in [3.8, 4) is 0 Å². The number of halogens is 1. The molecule has 5 heteroatoms. The minimum Gasteiger partial charge on any atom is -0.369 e. The Kier molecular flexibility index (Phi) is 3.94. The Labute approximate surface area is 121 Å². The van der Waals surface area contributed by atoms with Gasteiger partial charge in [0.2, 0.25) is 11.8 Å². The molecule has 2 N–H and O–H groups in total. The van der Waals surface area contributed by atoms with Gasteiger partial charge in [0.25, 0.3) is 0 Å². The summed E-state index contributed by atoms with van der Waals surface area (Å²) in [7, 11) is 0. The third kappa shape index (κ3) is 2.52. The highest BCUT2D eigenvalue weighted by Gasteiger charge is 2.35. The number of fused-ring (bicyclic) bond motifs is 1. The number of benzene rings is 1. The van der Waals surface area contributed by atoms with Crippen molar-refractivity contribution < 1.29 is 9.59 Å². The van der Waals surface area contributed by atoms with Gasteiger partial charge in [0, 0.05) is 22.6 Å². The van der Waals surface area contributed by atoms with Gasteiger partial charge < -0.3 is 10.6 Å². The lowest BCUT2D eigenvalue weighted by atomic mass is 9.85. The first-order valence-electron chi connectivity index (χ1n) is 6.36. The van der Waals surface area contributed by atoms with Crippen molar-refractivity contribution in [3.05, 3.63) is 28.2 Å². The van der Waals surface area contributed by atoms with Crippen LogP contribution in [0.15, 0.2) is 22.7 Å². The van der Waals surface area contributed by atoms with E-state index in [0.717, 1.165) is 15.7 Å². The number of hydrogen-bond donors (Lipinski definition) is 1. The van der Waals surface area contributed by atoms with Crippen molar-refractivity contribution in [1.29, 1.82) is 0 Å². The lowest BCUT2D eigenvalue weighted by molar-refractivity contribution is -0.121. The molecule has 1 aromatic rings. The van der Waals surface area contributed by atoms with E-state index in [1.54, 1.807) is 4.90 Å². The molecule has 102 valence electrons. The predicted octanol–water partition coefficient (Wildman–Crippen LogP) is 2.55. The largest absolute Gasteiger partial charge is 0.369 e. The van der Waals surface area contributed by atoms with Gasteiger partial charge >= 0.3 is 0 Å². The van der Waals surface area contributed by atoms with E-state index < -0.39 is 0 Å². The number of hydrogen-bond acceptors (Lipinski definition) is 2. The van der Waals surface area contributed by atoms with Crippen LogP contribution in [0.3, 0.4) is 0 Å². The summed E-state index contributed by atoms with van der Waals surface area (Å²) in [6, 6.07) is 5.62. The topological polar surface area (TPSA) is 63.4 Å². The van der Waals surface area contributed by atoms with E-state index in [-0.39, 0.29) is 23.8 Å². The highest BCUT2D eigenvalue weighted by molar-refractivity contribution is 9.10. The second-order valence-corrected chi connectivity index (χ2v) is 5.78. The van der Waals surface area contributed by atoms with Crippen LogP contribution in [-0.4, -0.2) is 17.9 Å². The summed E-state index contributed by atoms with van der Waals surface area (Å²) >= 11 is 3.40. The van der Waals surface area contributed by atoms with Gasteiger partial charge in [0.05, 0.1) is 5.92 Å². The molecule has 2 unspecified atom stereocenters. The van der Waals surface area contributed by atoms with Gasteiger partial charge in [-0.05, 0) is 37.1 Å². The van der Waals surface area contributed by atoms with E-state index in [1.807, 2.05) is 32.0 Å². The number of primary amides is 1. The van der Waals surface area contributed by atoms with Crippen LogP contribution in [0.2, 0.25) is 0 Å². The zero-order valence-corrected chi connectivity index (χ0v) is 12.6. The van der Waals surface area contributed by atoms with Gasteiger partial charge in [0.15, 0.2) is 0 Å². The fourth-order valence-corrected chi connectivity index (χ4v) is 3.03. The summed E-state index contributed by atoms with van der Waals surface area (Å²) in [5, 5.41) is 0. The molecule has 2 amide bonds. The number of rotatable bonds is 2. The van der Waals surface area contributed by atoms with Crippen LogP contribution in [0.5, 0.6) is 0 Å². The van der Waals surface area contributed by atoms with Crippen molar-refractivity contribution in [1.82, 2.24) is 0 Å². The van der Waals surface area contributed by atoms with E-state index in [1.165, 1.54) is 0 Å². The number of nitrogens with zero attached hydrogens (tertiary/aromatic N) is 1. The maximum atomic E-state index is 12.1. The summed E-state index contributed by atoms with van der Waals surface area (Å²) in [6.45, 7) is 3.79. The van der Waals surface area contributed by atoms with Crippen molar-refractivity contribution in [2.75, 3.05) is 4.90 Å². The number of amides is 2. The predicted molar refractivity (Wildman–Crippen MR) is 77.9 cm³/mol. The molecular weight excluding hydrogens is 308 g/mol. The Morgan fingerprint density at radius 1 is 1.47 bits per heavy atom. The summed E-state index contributed by atoms with van der Waals surface area (Å²) in [5.41, 5.74) is 7.13. The van der Waals surface area contributed by atoms with Crippen LogP contribution in [0.1, 0.15) is 38.2 Å².